The van der Waals surface area contributed by atoms with Crippen molar-refractivity contribution in [2.45, 2.75) is 25.3 Å². The maximum Gasteiger partial charge on any atom is 0.140 e. The molecule has 2 aliphatic rings. The molecule has 1 aliphatic carbocycles. The van der Waals surface area contributed by atoms with Crippen molar-refractivity contribution in [2.24, 2.45) is 17.6 Å². The largest absolute Gasteiger partial charge is 0.370 e. The van der Waals surface area contributed by atoms with Crippen LogP contribution in [-0.2, 0) is 0 Å². The van der Waals surface area contributed by atoms with E-state index in [1.54, 1.807) is 6.07 Å². The second kappa shape index (κ2) is 4.58. The minimum absolute atomic E-state index is 0.394. The Morgan fingerprint density at radius 1 is 1.28 bits per heavy atom. The summed E-state index contributed by atoms with van der Waals surface area (Å²) in [5.74, 6) is 1.53. The number of nitriles is 1. The van der Waals surface area contributed by atoms with Crippen LogP contribution in [0, 0.1) is 23.2 Å². The number of fused-ring (bicyclic) bond motifs is 1. The van der Waals surface area contributed by atoms with Gasteiger partial charge in [-0.2, -0.15) is 5.26 Å². The molecule has 4 nitrogen and oxygen atoms in total. The van der Waals surface area contributed by atoms with E-state index in [4.69, 9.17) is 11.0 Å². The fourth-order valence-electron chi connectivity index (χ4n) is 3.32. The predicted octanol–water partition coefficient (Wildman–Crippen LogP) is 1.52. The molecule has 0 spiro atoms. The van der Waals surface area contributed by atoms with Gasteiger partial charge in [-0.1, -0.05) is 0 Å². The molecule has 2 heterocycles. The molecule has 1 saturated carbocycles. The Labute approximate surface area is 107 Å². The number of nitrogens with two attached hydrogens (primary N) is 1. The van der Waals surface area contributed by atoms with Crippen LogP contribution in [0.25, 0.3) is 0 Å². The van der Waals surface area contributed by atoms with E-state index in [2.05, 4.69) is 16.0 Å². The van der Waals surface area contributed by atoms with Crippen molar-refractivity contribution in [3.05, 3.63) is 24.0 Å². The molecule has 3 rings (SSSR count). The van der Waals surface area contributed by atoms with Crippen LogP contribution in [0.2, 0.25) is 0 Å². The maximum absolute atomic E-state index is 8.75. The highest BCUT2D eigenvalue weighted by molar-refractivity contribution is 5.47. The Morgan fingerprint density at radius 2 is 2.11 bits per heavy atom. The Balaban J connectivity index is 1.73. The molecule has 4 heteroatoms. The van der Waals surface area contributed by atoms with Crippen LogP contribution < -0.4 is 10.6 Å². The second-order valence-corrected chi connectivity index (χ2v) is 5.51. The lowest BCUT2D eigenvalue weighted by atomic mass is 9.79. The molecule has 2 N–H and O–H groups in total. The summed E-state index contributed by atoms with van der Waals surface area (Å²) in [7, 11) is 0. The molecular weight excluding hydrogens is 224 g/mol. The molecule has 18 heavy (non-hydrogen) atoms. The van der Waals surface area contributed by atoms with Gasteiger partial charge in [0.2, 0.25) is 0 Å². The first-order chi connectivity index (χ1) is 8.76. The average Bonchev–Trinajstić information content (AvgIpc) is 2.81. The van der Waals surface area contributed by atoms with E-state index in [1.807, 2.05) is 12.3 Å². The Hall–Kier alpha value is -1.60. The van der Waals surface area contributed by atoms with E-state index >= 15 is 0 Å². The molecular formula is C14H18N4. The quantitative estimate of drug-likeness (QED) is 0.810. The first-order valence-electron chi connectivity index (χ1n) is 6.63. The second-order valence-electron chi connectivity index (χ2n) is 5.51. The van der Waals surface area contributed by atoms with Gasteiger partial charge in [-0.05, 0) is 43.2 Å². The van der Waals surface area contributed by atoms with Gasteiger partial charge in [-0.25, -0.2) is 4.98 Å². The molecule has 1 unspecified atom stereocenters. The minimum atomic E-state index is 0.394. The highest BCUT2D eigenvalue weighted by Crippen LogP contribution is 2.37. The third-order valence-corrected chi connectivity index (χ3v) is 4.32. The molecule has 1 aromatic rings. The summed E-state index contributed by atoms with van der Waals surface area (Å²) < 4.78 is 0. The molecule has 1 aromatic heterocycles. The van der Waals surface area contributed by atoms with Crippen molar-refractivity contribution < 1.29 is 0 Å². The van der Waals surface area contributed by atoms with Crippen LogP contribution in [0.4, 0.5) is 5.69 Å². The molecule has 2 fully saturated rings. The first kappa shape index (κ1) is 11.5. The molecule has 0 amide bonds. The van der Waals surface area contributed by atoms with Crippen LogP contribution in [-0.4, -0.2) is 24.1 Å². The molecule has 0 bridgehead atoms. The summed E-state index contributed by atoms with van der Waals surface area (Å²) in [5, 5.41) is 8.75. The van der Waals surface area contributed by atoms with Crippen molar-refractivity contribution >= 4 is 5.69 Å². The molecule has 1 saturated heterocycles. The Bertz CT molecular complexity index is 462. The minimum Gasteiger partial charge on any atom is -0.370 e. The zero-order valence-electron chi connectivity index (χ0n) is 10.4. The van der Waals surface area contributed by atoms with Gasteiger partial charge in [0.1, 0.15) is 11.8 Å². The maximum atomic E-state index is 8.75. The molecule has 1 aliphatic heterocycles. The van der Waals surface area contributed by atoms with Crippen LogP contribution in [0.1, 0.15) is 25.0 Å². The number of hydrogen-bond acceptors (Lipinski definition) is 4. The number of aromatic nitrogens is 1. The van der Waals surface area contributed by atoms with Crippen molar-refractivity contribution in [2.75, 3.05) is 18.0 Å². The molecule has 0 radical (unpaired) electrons. The lowest BCUT2D eigenvalue weighted by Gasteiger charge is -2.27. The van der Waals surface area contributed by atoms with Crippen LogP contribution >= 0.6 is 0 Å². The standard InChI is InChI=1S/C14H18N4/c15-6-13-3-4-14(7-17-13)18-8-10-1-2-12(16)5-11(10)9-18/h3-4,7,10-12H,1-2,5,8-9,16H2/t10-,11+,12?/m1/s1. The van der Waals surface area contributed by atoms with Crippen molar-refractivity contribution in [3.8, 4) is 6.07 Å². The summed E-state index contributed by atoms with van der Waals surface area (Å²) in [4.78, 5) is 6.54. The van der Waals surface area contributed by atoms with Gasteiger partial charge < -0.3 is 10.6 Å². The Morgan fingerprint density at radius 3 is 2.83 bits per heavy atom. The van der Waals surface area contributed by atoms with Crippen molar-refractivity contribution in [3.63, 3.8) is 0 Å². The highest BCUT2D eigenvalue weighted by Gasteiger charge is 2.36. The van der Waals surface area contributed by atoms with Gasteiger partial charge in [0.05, 0.1) is 11.9 Å². The monoisotopic (exact) mass is 242 g/mol. The fraction of sp³-hybridized carbons (Fsp3) is 0.571. The number of anilines is 1. The Kier molecular flexibility index (Phi) is 2.92. The molecule has 94 valence electrons. The van der Waals surface area contributed by atoms with E-state index in [0.29, 0.717) is 11.7 Å². The summed E-state index contributed by atoms with van der Waals surface area (Å²) in [6, 6.07) is 6.25. The summed E-state index contributed by atoms with van der Waals surface area (Å²) in [6.07, 6.45) is 5.40. The van der Waals surface area contributed by atoms with E-state index in [9.17, 15) is 0 Å². The number of hydrogen-bond donors (Lipinski definition) is 1. The van der Waals surface area contributed by atoms with E-state index < -0.39 is 0 Å². The third-order valence-electron chi connectivity index (χ3n) is 4.32. The zero-order valence-corrected chi connectivity index (χ0v) is 10.4. The first-order valence-corrected chi connectivity index (χ1v) is 6.63. The predicted molar refractivity (Wildman–Crippen MR) is 70.0 cm³/mol. The lowest BCUT2D eigenvalue weighted by Crippen LogP contribution is -2.32. The summed E-state index contributed by atoms with van der Waals surface area (Å²) >= 11 is 0. The number of pyridine rings is 1. The fourth-order valence-corrected chi connectivity index (χ4v) is 3.32. The molecule has 0 aromatic carbocycles. The topological polar surface area (TPSA) is 65.9 Å². The summed E-state index contributed by atoms with van der Waals surface area (Å²) in [5.41, 5.74) is 7.67. The smallest absolute Gasteiger partial charge is 0.140 e. The van der Waals surface area contributed by atoms with Crippen LogP contribution in [0.3, 0.4) is 0 Å². The van der Waals surface area contributed by atoms with E-state index in [0.717, 1.165) is 37.0 Å². The van der Waals surface area contributed by atoms with Crippen molar-refractivity contribution in [1.29, 1.82) is 5.26 Å². The SMILES string of the molecule is N#Cc1ccc(N2C[C@H]3CCC(N)C[C@H]3C2)cn1. The number of nitrogens with zero attached hydrogens (tertiary/aromatic N) is 3. The summed E-state index contributed by atoms with van der Waals surface area (Å²) in [6.45, 7) is 2.21. The van der Waals surface area contributed by atoms with Gasteiger partial charge in [-0.3, -0.25) is 0 Å². The van der Waals surface area contributed by atoms with Gasteiger partial charge in [0.15, 0.2) is 0 Å². The van der Waals surface area contributed by atoms with E-state index in [-0.39, 0.29) is 0 Å². The van der Waals surface area contributed by atoms with Crippen LogP contribution in [0.15, 0.2) is 18.3 Å². The van der Waals surface area contributed by atoms with Crippen molar-refractivity contribution in [1.82, 2.24) is 4.98 Å². The number of rotatable bonds is 1. The molecule has 3 atom stereocenters. The van der Waals surface area contributed by atoms with E-state index in [1.165, 1.54) is 12.8 Å². The van der Waals surface area contributed by atoms with Gasteiger partial charge >= 0.3 is 0 Å². The zero-order chi connectivity index (χ0) is 12.5. The van der Waals surface area contributed by atoms with Gasteiger partial charge in [0.25, 0.3) is 0 Å². The van der Waals surface area contributed by atoms with Gasteiger partial charge in [0, 0.05) is 19.1 Å². The third kappa shape index (κ3) is 2.06. The van der Waals surface area contributed by atoms with Crippen LogP contribution in [0.5, 0.6) is 0 Å². The highest BCUT2D eigenvalue weighted by atomic mass is 15.2. The lowest BCUT2D eigenvalue weighted by molar-refractivity contribution is 0.271. The normalized spacial score (nSPS) is 30.9. The van der Waals surface area contributed by atoms with Gasteiger partial charge in [-0.15, -0.1) is 0 Å². The average molecular weight is 242 g/mol.